The molecule has 20 heavy (non-hydrogen) atoms. The number of carbonyl (C=O) groups is 4. The van der Waals surface area contributed by atoms with Crippen LogP contribution in [-0.2, 0) is 19.2 Å². The lowest BCUT2D eigenvalue weighted by atomic mass is 9.73. The van der Waals surface area contributed by atoms with Crippen LogP contribution in [-0.4, -0.2) is 47.3 Å². The Hall–Kier alpha value is -1.48. The zero-order chi connectivity index (χ0) is 15.6. The van der Waals surface area contributed by atoms with E-state index in [2.05, 4.69) is 0 Å². The summed E-state index contributed by atoms with van der Waals surface area (Å²) in [6.45, 7) is 1.19. The van der Waals surface area contributed by atoms with E-state index in [9.17, 15) is 19.2 Å². The highest BCUT2D eigenvalue weighted by atomic mass is 16.2. The molecule has 2 aliphatic rings. The molecule has 0 aliphatic heterocycles. The highest BCUT2D eigenvalue weighted by Gasteiger charge is 2.67. The minimum Gasteiger partial charge on any atom is -0.329 e. The van der Waals surface area contributed by atoms with Gasteiger partial charge in [0.2, 0.25) is 0 Å². The first-order valence-corrected chi connectivity index (χ1v) is 6.37. The van der Waals surface area contributed by atoms with Gasteiger partial charge in [-0.25, -0.2) is 0 Å². The summed E-state index contributed by atoms with van der Waals surface area (Å²) in [5, 5.41) is 0. The summed E-state index contributed by atoms with van der Waals surface area (Å²) >= 11 is 0. The van der Waals surface area contributed by atoms with E-state index < -0.39 is 34.2 Å². The van der Waals surface area contributed by atoms with Gasteiger partial charge in [0.15, 0.2) is 34.2 Å². The summed E-state index contributed by atoms with van der Waals surface area (Å²) in [7, 11) is 0. The van der Waals surface area contributed by atoms with Crippen molar-refractivity contribution in [2.45, 2.75) is 36.8 Å². The summed E-state index contributed by atoms with van der Waals surface area (Å²) < 4.78 is 0. The van der Waals surface area contributed by atoms with Crippen LogP contribution in [0.25, 0.3) is 0 Å². The average molecular weight is 284 g/mol. The molecule has 2 aliphatic carbocycles. The Bertz CT molecular complexity index is 386. The van der Waals surface area contributed by atoms with Crippen molar-refractivity contribution in [1.82, 2.24) is 0 Å². The van der Waals surface area contributed by atoms with Crippen molar-refractivity contribution in [3.05, 3.63) is 0 Å². The quantitative estimate of drug-likeness (QED) is 0.392. The molecule has 0 aromatic rings. The first-order valence-electron chi connectivity index (χ1n) is 6.37. The fourth-order valence-corrected chi connectivity index (χ4v) is 2.43. The molecule has 2 rings (SSSR count). The first kappa shape index (κ1) is 16.6. The Morgan fingerprint density at radius 2 is 0.850 bits per heavy atom. The average Bonchev–Trinajstić information content (AvgIpc) is 2.86. The molecule has 112 valence electrons. The lowest BCUT2D eigenvalue weighted by Crippen LogP contribution is -2.76. The smallest absolute Gasteiger partial charge is 0.166 e. The minimum atomic E-state index is -2.13. The van der Waals surface area contributed by atoms with Crippen LogP contribution in [0.15, 0.2) is 0 Å². The van der Waals surface area contributed by atoms with Gasteiger partial charge in [0.05, 0.1) is 0 Å². The molecule has 0 unspecified atom stereocenters. The van der Waals surface area contributed by atoms with E-state index in [1.54, 1.807) is 0 Å². The van der Waals surface area contributed by atoms with Crippen molar-refractivity contribution < 1.29 is 19.2 Å². The molecule has 0 amide bonds. The molecule has 0 atom stereocenters. The lowest BCUT2D eigenvalue weighted by Gasteiger charge is -2.34. The molecule has 0 radical (unpaired) electrons. The van der Waals surface area contributed by atoms with Crippen molar-refractivity contribution in [2.75, 3.05) is 13.1 Å². The fraction of sp³-hybridized carbons (Fsp3) is 0.667. The predicted octanol–water partition coefficient (Wildman–Crippen LogP) is -2.85. The van der Waals surface area contributed by atoms with E-state index in [0.29, 0.717) is 13.1 Å². The Morgan fingerprint density at radius 3 is 1.00 bits per heavy atom. The highest BCUT2D eigenvalue weighted by molar-refractivity contribution is 6.31. The van der Waals surface area contributed by atoms with Crippen molar-refractivity contribution in [3.63, 3.8) is 0 Å². The zero-order valence-corrected chi connectivity index (χ0v) is 11.2. The number of Topliss-reactive ketones (excluding diaryl/α,β-unsaturated/α-hetero) is 4. The van der Waals surface area contributed by atoms with Gasteiger partial charge in [-0.1, -0.05) is 0 Å². The Balaban J connectivity index is 0.000000444. The second-order valence-corrected chi connectivity index (χ2v) is 4.89. The second-order valence-electron chi connectivity index (χ2n) is 4.89. The normalized spacial score (nSPS) is 23.8. The molecule has 0 spiro atoms. The van der Waals surface area contributed by atoms with E-state index in [1.165, 1.54) is 0 Å². The summed E-state index contributed by atoms with van der Waals surface area (Å²) in [4.78, 5) is 46.6. The van der Waals surface area contributed by atoms with Crippen LogP contribution < -0.4 is 22.9 Å². The predicted molar refractivity (Wildman–Crippen MR) is 70.4 cm³/mol. The van der Waals surface area contributed by atoms with Gasteiger partial charge >= 0.3 is 0 Å². The van der Waals surface area contributed by atoms with Crippen LogP contribution in [0.4, 0.5) is 0 Å². The number of nitrogens with two attached hydrogens (primary N) is 4. The van der Waals surface area contributed by atoms with E-state index in [1.807, 2.05) is 0 Å². The van der Waals surface area contributed by atoms with Crippen LogP contribution in [0.3, 0.4) is 0 Å². The minimum absolute atomic E-state index is 0.0468. The maximum absolute atomic E-state index is 11.7. The van der Waals surface area contributed by atoms with E-state index >= 15 is 0 Å². The van der Waals surface area contributed by atoms with E-state index in [4.69, 9.17) is 22.9 Å². The summed E-state index contributed by atoms with van der Waals surface area (Å²) in [5.74, 6) is -2.43. The first-order chi connectivity index (χ1) is 9.26. The largest absolute Gasteiger partial charge is 0.329 e. The Labute approximate surface area is 116 Å². The molecule has 2 fully saturated rings. The van der Waals surface area contributed by atoms with Crippen molar-refractivity contribution in [1.29, 1.82) is 0 Å². The third kappa shape index (κ3) is 2.20. The Kier molecular flexibility index (Phi) is 4.87. The van der Waals surface area contributed by atoms with E-state index in [0.717, 1.165) is 0 Å². The van der Waals surface area contributed by atoms with Gasteiger partial charge in [-0.05, 0) is 0 Å². The van der Waals surface area contributed by atoms with Crippen LogP contribution in [0, 0.1) is 0 Å². The van der Waals surface area contributed by atoms with Gasteiger partial charge in [0.25, 0.3) is 0 Å². The fourth-order valence-electron chi connectivity index (χ4n) is 2.43. The van der Waals surface area contributed by atoms with Crippen LogP contribution >= 0.6 is 0 Å². The maximum atomic E-state index is 11.7. The molecule has 8 nitrogen and oxygen atoms in total. The van der Waals surface area contributed by atoms with E-state index in [-0.39, 0.29) is 25.7 Å². The van der Waals surface area contributed by atoms with Gasteiger partial charge in [0, 0.05) is 38.8 Å². The molecule has 0 aromatic heterocycles. The SMILES string of the molecule is NC1(C2(N)C(=O)CCC2=O)C(=O)CCC1=O.NCCN. The molecule has 8 N–H and O–H groups in total. The summed E-state index contributed by atoms with van der Waals surface area (Å²) in [6, 6.07) is 0. The molecule has 0 aromatic carbocycles. The topological polar surface area (TPSA) is 172 Å². The van der Waals surface area contributed by atoms with Gasteiger partial charge in [0.1, 0.15) is 0 Å². The number of ketones is 4. The van der Waals surface area contributed by atoms with Crippen molar-refractivity contribution in [2.24, 2.45) is 22.9 Å². The van der Waals surface area contributed by atoms with Crippen LogP contribution in [0.1, 0.15) is 25.7 Å². The molecular formula is C12H20N4O4. The number of carbonyl (C=O) groups excluding carboxylic acids is 4. The van der Waals surface area contributed by atoms with Crippen LogP contribution in [0.5, 0.6) is 0 Å². The standard InChI is InChI=1S/C10H12N2O4.C2H8N2/c11-9(5(13)1-2-6(9)14)10(12)7(15)3-4-8(10)16;3-1-2-4/h1-4,11-12H2;1-4H2. The maximum Gasteiger partial charge on any atom is 0.166 e. The highest BCUT2D eigenvalue weighted by Crippen LogP contribution is 2.36. The molecular weight excluding hydrogens is 264 g/mol. The number of hydrogen-bond donors (Lipinski definition) is 4. The van der Waals surface area contributed by atoms with Gasteiger partial charge in [-0.15, -0.1) is 0 Å². The van der Waals surface area contributed by atoms with Crippen LogP contribution in [0.2, 0.25) is 0 Å². The second kappa shape index (κ2) is 5.88. The molecule has 0 bridgehead atoms. The molecule has 2 saturated carbocycles. The zero-order valence-electron chi connectivity index (χ0n) is 11.2. The van der Waals surface area contributed by atoms with Crippen molar-refractivity contribution in [3.8, 4) is 0 Å². The van der Waals surface area contributed by atoms with Crippen molar-refractivity contribution >= 4 is 23.1 Å². The summed E-state index contributed by atoms with van der Waals surface area (Å²) in [5.41, 5.74) is 17.0. The molecule has 0 heterocycles. The van der Waals surface area contributed by atoms with Gasteiger partial charge in [-0.2, -0.15) is 0 Å². The third-order valence-corrected chi connectivity index (χ3v) is 3.71. The molecule has 8 heteroatoms. The monoisotopic (exact) mass is 284 g/mol. The summed E-state index contributed by atoms with van der Waals surface area (Å²) in [6.07, 6.45) is -0.187. The van der Waals surface area contributed by atoms with Gasteiger partial charge in [-0.3, -0.25) is 19.2 Å². The third-order valence-electron chi connectivity index (χ3n) is 3.71. The number of rotatable bonds is 2. The Morgan fingerprint density at radius 1 is 0.650 bits per heavy atom. The lowest BCUT2D eigenvalue weighted by molar-refractivity contribution is -0.143. The van der Waals surface area contributed by atoms with Gasteiger partial charge < -0.3 is 22.9 Å². The number of hydrogen-bond acceptors (Lipinski definition) is 8. The molecule has 0 saturated heterocycles.